The Hall–Kier alpha value is -2.86. The molecule has 3 aromatic rings. The van der Waals surface area contributed by atoms with Crippen LogP contribution in [0.25, 0.3) is 0 Å². The standard InChI is InChI=1S/C22H23N3O2S/c1-14-24-18(13-28-14)12-27-19-6-2-5-16(11-19)22(26)25-21-7-3-4-15-10-17(23)8-9-20(15)21/h2,5-6,8-11,13,21H,3-4,7,12,23H2,1H3,(H,25,26). The lowest BCUT2D eigenvalue weighted by molar-refractivity contribution is 0.0932. The summed E-state index contributed by atoms with van der Waals surface area (Å²) in [6.45, 7) is 2.36. The number of rotatable bonds is 5. The molecule has 0 fully saturated rings. The largest absolute Gasteiger partial charge is 0.487 e. The van der Waals surface area contributed by atoms with E-state index in [0.717, 1.165) is 35.7 Å². The Labute approximate surface area is 168 Å². The van der Waals surface area contributed by atoms with Crippen LogP contribution in [0.1, 0.15) is 51.1 Å². The molecule has 1 aliphatic rings. The van der Waals surface area contributed by atoms with E-state index in [2.05, 4.69) is 10.3 Å². The molecular formula is C22H23N3O2S. The first-order valence-corrected chi connectivity index (χ1v) is 10.3. The molecule has 0 saturated heterocycles. The Morgan fingerprint density at radius 2 is 2.21 bits per heavy atom. The number of nitrogens with zero attached hydrogens (tertiary/aromatic N) is 1. The fraction of sp³-hybridized carbons (Fsp3) is 0.273. The molecule has 0 saturated carbocycles. The second-order valence-electron chi connectivity index (χ2n) is 7.05. The number of nitrogens with one attached hydrogen (secondary N) is 1. The number of amides is 1. The average molecular weight is 394 g/mol. The Balaban J connectivity index is 1.44. The summed E-state index contributed by atoms with van der Waals surface area (Å²) < 4.78 is 5.81. The number of ether oxygens (including phenoxy) is 1. The van der Waals surface area contributed by atoms with Crippen molar-refractivity contribution < 1.29 is 9.53 Å². The number of hydrogen-bond donors (Lipinski definition) is 2. The monoisotopic (exact) mass is 393 g/mol. The van der Waals surface area contributed by atoms with Gasteiger partial charge in [0.1, 0.15) is 12.4 Å². The van der Waals surface area contributed by atoms with Crippen LogP contribution in [-0.2, 0) is 13.0 Å². The van der Waals surface area contributed by atoms with Crippen LogP contribution in [0.5, 0.6) is 5.75 Å². The van der Waals surface area contributed by atoms with Crippen LogP contribution in [0.15, 0.2) is 47.8 Å². The van der Waals surface area contributed by atoms with Gasteiger partial charge >= 0.3 is 0 Å². The van der Waals surface area contributed by atoms with Crippen LogP contribution in [0.3, 0.4) is 0 Å². The van der Waals surface area contributed by atoms with Crippen molar-refractivity contribution in [1.29, 1.82) is 0 Å². The lowest BCUT2D eigenvalue weighted by Gasteiger charge is -2.26. The Kier molecular flexibility index (Phi) is 5.30. The van der Waals surface area contributed by atoms with Gasteiger partial charge in [0.15, 0.2) is 0 Å². The molecule has 28 heavy (non-hydrogen) atoms. The van der Waals surface area contributed by atoms with E-state index in [4.69, 9.17) is 10.5 Å². The molecule has 0 spiro atoms. The fourth-order valence-corrected chi connectivity index (χ4v) is 4.18. The van der Waals surface area contributed by atoms with Crippen molar-refractivity contribution in [1.82, 2.24) is 10.3 Å². The SMILES string of the molecule is Cc1nc(COc2cccc(C(=O)NC3CCCc4cc(N)ccc43)c2)cs1. The fourth-order valence-electron chi connectivity index (χ4n) is 3.58. The van der Waals surface area contributed by atoms with Crippen LogP contribution < -0.4 is 15.8 Å². The first-order chi connectivity index (χ1) is 13.6. The van der Waals surface area contributed by atoms with Gasteiger partial charge in [-0.3, -0.25) is 4.79 Å². The average Bonchev–Trinajstić information content (AvgIpc) is 3.12. The summed E-state index contributed by atoms with van der Waals surface area (Å²) in [6.07, 6.45) is 2.98. The molecule has 1 atom stereocenters. The molecule has 1 unspecified atom stereocenters. The van der Waals surface area contributed by atoms with Crippen molar-refractivity contribution in [2.24, 2.45) is 0 Å². The maximum Gasteiger partial charge on any atom is 0.251 e. The van der Waals surface area contributed by atoms with E-state index in [-0.39, 0.29) is 11.9 Å². The number of carbonyl (C=O) groups is 1. The second-order valence-corrected chi connectivity index (χ2v) is 8.11. The number of thiazole rings is 1. The molecule has 6 heteroatoms. The van der Waals surface area contributed by atoms with Gasteiger partial charge in [0, 0.05) is 16.6 Å². The minimum atomic E-state index is -0.0929. The summed E-state index contributed by atoms with van der Waals surface area (Å²) in [4.78, 5) is 17.2. The normalized spacial score (nSPS) is 15.7. The molecule has 0 aliphatic heterocycles. The molecule has 1 aliphatic carbocycles. The molecule has 2 aromatic carbocycles. The Morgan fingerprint density at radius 3 is 3.04 bits per heavy atom. The summed E-state index contributed by atoms with van der Waals surface area (Å²) in [5, 5.41) is 6.17. The molecule has 1 amide bonds. The third kappa shape index (κ3) is 4.17. The molecule has 0 bridgehead atoms. The van der Waals surface area contributed by atoms with Crippen LogP contribution in [-0.4, -0.2) is 10.9 Å². The van der Waals surface area contributed by atoms with Gasteiger partial charge in [-0.15, -0.1) is 11.3 Å². The van der Waals surface area contributed by atoms with E-state index in [1.807, 2.05) is 48.7 Å². The lowest BCUT2D eigenvalue weighted by atomic mass is 9.87. The van der Waals surface area contributed by atoms with E-state index in [1.54, 1.807) is 17.4 Å². The van der Waals surface area contributed by atoms with Crippen molar-refractivity contribution in [3.8, 4) is 5.75 Å². The van der Waals surface area contributed by atoms with Gasteiger partial charge in [0.2, 0.25) is 0 Å². The molecule has 1 aromatic heterocycles. The highest BCUT2D eigenvalue weighted by Crippen LogP contribution is 2.31. The highest BCUT2D eigenvalue weighted by atomic mass is 32.1. The Morgan fingerprint density at radius 1 is 1.32 bits per heavy atom. The van der Waals surface area contributed by atoms with Crippen molar-refractivity contribution in [2.45, 2.75) is 38.8 Å². The zero-order valence-corrected chi connectivity index (χ0v) is 16.6. The summed E-state index contributed by atoms with van der Waals surface area (Å²) in [5.74, 6) is 0.569. The number of nitrogen functional groups attached to an aromatic ring is 1. The number of carbonyl (C=O) groups excluding carboxylic acids is 1. The molecule has 3 N–H and O–H groups in total. The number of anilines is 1. The van der Waals surface area contributed by atoms with Gasteiger partial charge < -0.3 is 15.8 Å². The van der Waals surface area contributed by atoms with Gasteiger partial charge in [-0.2, -0.15) is 0 Å². The molecule has 4 rings (SSSR count). The predicted molar refractivity (Wildman–Crippen MR) is 112 cm³/mol. The van der Waals surface area contributed by atoms with Crippen LogP contribution in [0.4, 0.5) is 5.69 Å². The lowest BCUT2D eigenvalue weighted by Crippen LogP contribution is -2.31. The highest BCUT2D eigenvalue weighted by molar-refractivity contribution is 7.09. The number of aromatic nitrogens is 1. The van der Waals surface area contributed by atoms with Crippen molar-refractivity contribution >= 4 is 22.9 Å². The van der Waals surface area contributed by atoms with E-state index >= 15 is 0 Å². The summed E-state index contributed by atoms with van der Waals surface area (Å²) >= 11 is 1.60. The number of fused-ring (bicyclic) bond motifs is 1. The van der Waals surface area contributed by atoms with Crippen LogP contribution in [0, 0.1) is 6.92 Å². The maximum absolute atomic E-state index is 12.8. The minimum Gasteiger partial charge on any atom is -0.487 e. The quantitative estimate of drug-likeness (QED) is 0.629. The van der Waals surface area contributed by atoms with Crippen molar-refractivity contribution in [2.75, 3.05) is 5.73 Å². The summed E-state index contributed by atoms with van der Waals surface area (Å²) in [6, 6.07) is 13.2. The maximum atomic E-state index is 12.8. The van der Waals surface area contributed by atoms with Crippen molar-refractivity contribution in [3.63, 3.8) is 0 Å². The smallest absolute Gasteiger partial charge is 0.251 e. The molecule has 1 heterocycles. The van der Waals surface area contributed by atoms with E-state index in [0.29, 0.717) is 17.9 Å². The van der Waals surface area contributed by atoms with E-state index in [9.17, 15) is 4.79 Å². The minimum absolute atomic E-state index is 0.0133. The van der Waals surface area contributed by atoms with Gasteiger partial charge in [0.25, 0.3) is 5.91 Å². The number of aryl methyl sites for hydroxylation is 2. The first-order valence-electron chi connectivity index (χ1n) is 9.41. The van der Waals surface area contributed by atoms with Gasteiger partial charge in [-0.05, 0) is 67.6 Å². The van der Waals surface area contributed by atoms with Crippen molar-refractivity contribution in [3.05, 3.63) is 75.2 Å². The van der Waals surface area contributed by atoms with Gasteiger partial charge in [-0.1, -0.05) is 12.1 Å². The first kappa shape index (κ1) is 18.5. The van der Waals surface area contributed by atoms with Crippen LogP contribution >= 0.6 is 11.3 Å². The van der Waals surface area contributed by atoms with E-state index in [1.165, 1.54) is 11.1 Å². The van der Waals surface area contributed by atoms with Gasteiger partial charge in [0.05, 0.1) is 16.7 Å². The predicted octanol–water partition coefficient (Wildman–Crippen LogP) is 4.42. The third-order valence-corrected chi connectivity index (χ3v) is 5.76. The number of benzene rings is 2. The van der Waals surface area contributed by atoms with Crippen LogP contribution in [0.2, 0.25) is 0 Å². The molecular weight excluding hydrogens is 370 g/mol. The molecule has 0 radical (unpaired) electrons. The molecule has 144 valence electrons. The summed E-state index contributed by atoms with van der Waals surface area (Å²) in [7, 11) is 0. The Bertz CT molecular complexity index is 999. The molecule has 5 nitrogen and oxygen atoms in total. The number of nitrogens with two attached hydrogens (primary N) is 1. The topological polar surface area (TPSA) is 77.2 Å². The number of hydrogen-bond acceptors (Lipinski definition) is 5. The third-order valence-electron chi connectivity index (χ3n) is 4.94. The highest BCUT2D eigenvalue weighted by Gasteiger charge is 2.22. The summed E-state index contributed by atoms with van der Waals surface area (Å²) in [5.41, 5.74) is 10.6. The second kappa shape index (κ2) is 8.02. The van der Waals surface area contributed by atoms with Gasteiger partial charge in [-0.25, -0.2) is 4.98 Å². The van der Waals surface area contributed by atoms with E-state index < -0.39 is 0 Å². The zero-order chi connectivity index (χ0) is 19.5. The zero-order valence-electron chi connectivity index (χ0n) is 15.8.